The van der Waals surface area contributed by atoms with Crippen LogP contribution in [0, 0.1) is 0 Å². The van der Waals surface area contributed by atoms with Gasteiger partial charge in [-0.05, 0) is 41.9 Å². The molecule has 0 spiro atoms. The highest BCUT2D eigenvalue weighted by Gasteiger charge is 2.58. The summed E-state index contributed by atoms with van der Waals surface area (Å²) in [7, 11) is 0. The number of ketones is 1. The first kappa shape index (κ1) is 19.8. The van der Waals surface area contributed by atoms with Crippen molar-refractivity contribution in [2.45, 2.75) is 29.7 Å². The monoisotopic (exact) mass is 410 g/mol. The fraction of sp³-hybridized carbons (Fsp3) is 0.333. The zero-order valence-corrected chi connectivity index (χ0v) is 14.7. The molecule has 0 N–H and O–H groups in total. The molecular formula is C15H14BrF3O3S. The number of rotatable bonds is 6. The van der Waals surface area contributed by atoms with Crippen molar-refractivity contribution in [3.05, 3.63) is 40.9 Å². The van der Waals surface area contributed by atoms with E-state index in [1.165, 1.54) is 26.0 Å². The van der Waals surface area contributed by atoms with Crippen LogP contribution in [0.3, 0.4) is 0 Å². The molecule has 0 aliphatic heterocycles. The van der Waals surface area contributed by atoms with E-state index in [0.29, 0.717) is 21.1 Å². The standard InChI is InChI=1S/C15H14BrF3O3S/c1-3-9-14(13(21)22-4-2,12(20)15(17,18)19)23-11-8-6-5-7-10(11)16/h3,5-9H,4H2,1-2H3/b9-3+. The predicted molar refractivity (Wildman–Crippen MR) is 85.2 cm³/mol. The molecule has 1 aromatic rings. The Kier molecular flexibility index (Phi) is 6.88. The zero-order chi connectivity index (χ0) is 17.7. The van der Waals surface area contributed by atoms with Crippen LogP contribution >= 0.6 is 27.7 Å². The molecule has 0 amide bonds. The van der Waals surface area contributed by atoms with Gasteiger partial charge in [0.05, 0.1) is 6.61 Å². The van der Waals surface area contributed by atoms with Crippen molar-refractivity contribution in [1.82, 2.24) is 0 Å². The number of thioether (sulfide) groups is 1. The van der Waals surface area contributed by atoms with Crippen molar-refractivity contribution >= 4 is 39.4 Å². The van der Waals surface area contributed by atoms with Gasteiger partial charge in [-0.3, -0.25) is 4.79 Å². The van der Waals surface area contributed by atoms with Gasteiger partial charge in [-0.25, -0.2) is 4.79 Å². The largest absolute Gasteiger partial charge is 0.464 e. The Labute approximate surface area is 144 Å². The number of carbonyl (C=O) groups excluding carboxylic acids is 2. The summed E-state index contributed by atoms with van der Waals surface area (Å²) in [6, 6.07) is 6.38. The second-order valence-corrected chi connectivity index (χ2v) is 6.46. The van der Waals surface area contributed by atoms with Gasteiger partial charge in [0.2, 0.25) is 4.75 Å². The maximum absolute atomic E-state index is 13.1. The van der Waals surface area contributed by atoms with Crippen molar-refractivity contribution < 1.29 is 27.5 Å². The van der Waals surface area contributed by atoms with E-state index in [0.717, 1.165) is 6.08 Å². The first-order valence-corrected chi connectivity index (χ1v) is 8.16. The average molecular weight is 411 g/mol. The SMILES string of the molecule is C/C=C/C(Sc1ccccc1Br)(C(=O)OCC)C(=O)C(F)(F)F. The van der Waals surface area contributed by atoms with Gasteiger partial charge in [0.25, 0.3) is 5.78 Å². The van der Waals surface area contributed by atoms with E-state index < -0.39 is 22.7 Å². The molecule has 0 saturated carbocycles. The van der Waals surface area contributed by atoms with Crippen LogP contribution in [0.2, 0.25) is 0 Å². The summed E-state index contributed by atoms with van der Waals surface area (Å²) in [5.74, 6) is -3.43. The van der Waals surface area contributed by atoms with Crippen LogP contribution < -0.4 is 0 Å². The molecule has 23 heavy (non-hydrogen) atoms. The summed E-state index contributed by atoms with van der Waals surface area (Å²) in [5.41, 5.74) is 0. The lowest BCUT2D eigenvalue weighted by Gasteiger charge is -2.27. The Balaban J connectivity index is 3.47. The number of allylic oxidation sites excluding steroid dienone is 1. The number of benzene rings is 1. The lowest BCUT2D eigenvalue weighted by atomic mass is 10.0. The van der Waals surface area contributed by atoms with Crippen molar-refractivity contribution in [1.29, 1.82) is 0 Å². The fourth-order valence-electron chi connectivity index (χ4n) is 1.74. The highest BCUT2D eigenvalue weighted by Crippen LogP contribution is 2.43. The molecule has 0 radical (unpaired) electrons. The van der Waals surface area contributed by atoms with Gasteiger partial charge in [-0.2, -0.15) is 13.2 Å². The molecule has 0 heterocycles. The van der Waals surface area contributed by atoms with Gasteiger partial charge < -0.3 is 4.74 Å². The summed E-state index contributed by atoms with van der Waals surface area (Å²) >= 11 is 3.69. The minimum atomic E-state index is -5.18. The van der Waals surface area contributed by atoms with E-state index >= 15 is 0 Å². The maximum atomic E-state index is 13.1. The average Bonchev–Trinajstić information content (AvgIpc) is 2.47. The molecule has 0 aliphatic carbocycles. The molecule has 8 heteroatoms. The van der Waals surface area contributed by atoms with Crippen LogP contribution in [0.4, 0.5) is 13.2 Å². The van der Waals surface area contributed by atoms with E-state index in [1.807, 2.05) is 0 Å². The topological polar surface area (TPSA) is 43.4 Å². The highest BCUT2D eigenvalue weighted by molar-refractivity contribution is 9.10. The van der Waals surface area contributed by atoms with Crippen molar-refractivity contribution in [3.8, 4) is 0 Å². The molecule has 1 rings (SSSR count). The Morgan fingerprint density at radius 3 is 2.39 bits per heavy atom. The number of Topliss-reactive ketones (excluding diaryl/α,β-unsaturated/α-hetero) is 1. The van der Waals surface area contributed by atoms with Gasteiger partial charge in [0, 0.05) is 9.37 Å². The van der Waals surface area contributed by atoms with Crippen LogP contribution in [0.25, 0.3) is 0 Å². The van der Waals surface area contributed by atoms with Crippen molar-refractivity contribution in [2.24, 2.45) is 0 Å². The van der Waals surface area contributed by atoms with Gasteiger partial charge in [0.15, 0.2) is 0 Å². The molecule has 0 fully saturated rings. The molecule has 126 valence electrons. The summed E-state index contributed by atoms with van der Waals surface area (Å²) < 4.78 is 41.9. The number of ether oxygens (including phenoxy) is 1. The Morgan fingerprint density at radius 2 is 1.91 bits per heavy atom. The van der Waals surface area contributed by atoms with Crippen LogP contribution in [-0.2, 0) is 14.3 Å². The number of esters is 1. The molecule has 3 nitrogen and oxygen atoms in total. The van der Waals surface area contributed by atoms with E-state index in [9.17, 15) is 22.8 Å². The molecule has 0 aliphatic rings. The first-order chi connectivity index (χ1) is 10.7. The Hall–Kier alpha value is -1.28. The lowest BCUT2D eigenvalue weighted by Crippen LogP contribution is -2.49. The summed E-state index contributed by atoms with van der Waals surface area (Å²) in [6.45, 7) is 2.75. The normalized spacial score (nSPS) is 14.5. The van der Waals surface area contributed by atoms with E-state index in [-0.39, 0.29) is 6.61 Å². The molecule has 1 unspecified atom stereocenters. The van der Waals surface area contributed by atoms with Gasteiger partial charge >= 0.3 is 12.1 Å². The smallest absolute Gasteiger partial charge is 0.452 e. The number of hydrogen-bond donors (Lipinski definition) is 0. The molecule has 1 atom stereocenters. The number of carbonyl (C=O) groups is 2. The van der Waals surface area contributed by atoms with E-state index in [4.69, 9.17) is 4.74 Å². The van der Waals surface area contributed by atoms with Gasteiger partial charge in [-0.1, -0.05) is 36.0 Å². The third-order valence-electron chi connectivity index (χ3n) is 2.68. The number of halogens is 4. The van der Waals surface area contributed by atoms with Crippen molar-refractivity contribution in [2.75, 3.05) is 6.61 Å². The molecule has 0 bridgehead atoms. The minimum absolute atomic E-state index is 0.139. The minimum Gasteiger partial charge on any atom is -0.464 e. The Bertz CT molecular complexity index is 616. The van der Waals surface area contributed by atoms with Gasteiger partial charge in [-0.15, -0.1) is 0 Å². The van der Waals surface area contributed by atoms with Crippen LogP contribution in [0.15, 0.2) is 45.8 Å². The van der Waals surface area contributed by atoms with E-state index in [2.05, 4.69) is 15.9 Å². The second-order valence-electron chi connectivity index (χ2n) is 4.32. The lowest BCUT2D eigenvalue weighted by molar-refractivity contribution is -0.176. The highest BCUT2D eigenvalue weighted by atomic mass is 79.9. The second kappa shape index (κ2) is 8.01. The van der Waals surface area contributed by atoms with Crippen LogP contribution in [-0.4, -0.2) is 29.3 Å². The van der Waals surface area contributed by atoms with E-state index in [1.54, 1.807) is 18.2 Å². The third-order valence-corrected chi connectivity index (χ3v) is 5.02. The summed E-state index contributed by atoms with van der Waals surface area (Å²) in [6.07, 6.45) is -3.03. The maximum Gasteiger partial charge on any atom is 0.452 e. The number of alkyl halides is 3. The van der Waals surface area contributed by atoms with Crippen LogP contribution in [0.5, 0.6) is 0 Å². The van der Waals surface area contributed by atoms with Crippen molar-refractivity contribution in [3.63, 3.8) is 0 Å². The summed E-state index contributed by atoms with van der Waals surface area (Å²) in [5, 5.41) is 0. The molecule has 1 aromatic carbocycles. The Morgan fingerprint density at radius 1 is 1.30 bits per heavy atom. The first-order valence-electron chi connectivity index (χ1n) is 6.55. The third kappa shape index (κ3) is 4.60. The molecule has 0 saturated heterocycles. The molecular weight excluding hydrogens is 397 g/mol. The number of hydrogen-bond acceptors (Lipinski definition) is 4. The van der Waals surface area contributed by atoms with Crippen LogP contribution in [0.1, 0.15) is 13.8 Å². The molecule has 0 aromatic heterocycles. The van der Waals surface area contributed by atoms with Gasteiger partial charge in [0.1, 0.15) is 0 Å². The fourth-order valence-corrected chi connectivity index (χ4v) is 3.48. The zero-order valence-electron chi connectivity index (χ0n) is 12.3. The summed E-state index contributed by atoms with van der Waals surface area (Å²) in [4.78, 5) is 24.5. The predicted octanol–water partition coefficient (Wildman–Crippen LogP) is 4.55. The quantitative estimate of drug-likeness (QED) is 0.298.